The fourth-order valence-corrected chi connectivity index (χ4v) is 4.67. The highest BCUT2D eigenvalue weighted by Crippen LogP contribution is 2.46. The molecule has 0 saturated heterocycles. The first kappa shape index (κ1) is 19.8. The second kappa shape index (κ2) is 7.82. The van der Waals surface area contributed by atoms with Crippen molar-refractivity contribution in [3.63, 3.8) is 0 Å². The maximum absolute atomic E-state index is 14.3. The summed E-state index contributed by atoms with van der Waals surface area (Å²) in [5.74, 6) is -2.41. The molecule has 4 aromatic carbocycles. The zero-order valence-electron chi connectivity index (χ0n) is 17.1. The van der Waals surface area contributed by atoms with Gasteiger partial charge in [-0.05, 0) is 34.4 Å². The number of benzene rings is 4. The van der Waals surface area contributed by atoms with E-state index in [1.165, 1.54) is 12.1 Å². The minimum Gasteiger partial charge on any atom is -0.507 e. The van der Waals surface area contributed by atoms with E-state index in [0.29, 0.717) is 11.1 Å². The highest BCUT2D eigenvalue weighted by atomic mass is 16.3. The molecular formula is C28H20O4. The number of carbonyl (C=O) groups excluding carboxylic acids is 2. The molecule has 0 fully saturated rings. The highest BCUT2D eigenvalue weighted by molar-refractivity contribution is 6.18. The molecule has 156 valence electrons. The number of phenols is 2. The van der Waals surface area contributed by atoms with Gasteiger partial charge in [-0.1, -0.05) is 84.9 Å². The normalized spacial score (nSPS) is 13.0. The molecule has 0 bridgehead atoms. The molecule has 0 amide bonds. The third-order valence-electron chi connectivity index (χ3n) is 6.06. The van der Waals surface area contributed by atoms with Gasteiger partial charge >= 0.3 is 0 Å². The molecule has 4 aromatic rings. The van der Waals surface area contributed by atoms with Gasteiger partial charge in [-0.15, -0.1) is 0 Å². The molecule has 0 aliphatic heterocycles. The lowest BCUT2D eigenvalue weighted by Gasteiger charge is -2.30. The summed E-state index contributed by atoms with van der Waals surface area (Å²) in [6.07, 6.45) is 0. The predicted molar refractivity (Wildman–Crippen MR) is 121 cm³/mol. The Labute approximate surface area is 185 Å². The van der Waals surface area contributed by atoms with Crippen LogP contribution in [0.1, 0.15) is 50.0 Å². The zero-order chi connectivity index (χ0) is 22.2. The van der Waals surface area contributed by atoms with Crippen molar-refractivity contribution >= 4 is 11.6 Å². The molecule has 1 aliphatic carbocycles. The van der Waals surface area contributed by atoms with E-state index in [0.717, 1.165) is 11.1 Å². The van der Waals surface area contributed by atoms with Gasteiger partial charge in [0.1, 0.15) is 11.5 Å². The minimum atomic E-state index is -0.817. The Hall–Kier alpha value is -4.18. The van der Waals surface area contributed by atoms with Crippen LogP contribution in [0.15, 0.2) is 97.1 Å². The van der Waals surface area contributed by atoms with Gasteiger partial charge in [0.15, 0.2) is 5.78 Å². The van der Waals surface area contributed by atoms with Crippen LogP contribution >= 0.6 is 0 Å². The molecule has 0 saturated carbocycles. The maximum Gasteiger partial charge on any atom is 0.201 e. The van der Waals surface area contributed by atoms with Gasteiger partial charge in [0, 0.05) is 0 Å². The van der Waals surface area contributed by atoms with Gasteiger partial charge in [0.05, 0.1) is 23.0 Å². The molecule has 0 radical (unpaired) electrons. The fraction of sp³-hybridized carbons (Fsp3) is 0.0714. The van der Waals surface area contributed by atoms with E-state index in [1.54, 1.807) is 24.3 Å². The van der Waals surface area contributed by atoms with E-state index in [2.05, 4.69) is 0 Å². The van der Waals surface area contributed by atoms with Gasteiger partial charge in [0.25, 0.3) is 0 Å². The summed E-state index contributed by atoms with van der Waals surface area (Å²) < 4.78 is 0. The average molecular weight is 420 g/mol. The van der Waals surface area contributed by atoms with E-state index in [1.807, 2.05) is 60.7 Å². The summed E-state index contributed by atoms with van der Waals surface area (Å²) in [7, 11) is 0. The average Bonchev–Trinajstić information content (AvgIpc) is 2.81. The number of fused-ring (bicyclic) bond motifs is 2. The van der Waals surface area contributed by atoms with E-state index in [4.69, 9.17) is 0 Å². The number of rotatable bonds is 4. The topological polar surface area (TPSA) is 74.6 Å². The first-order chi connectivity index (χ1) is 15.6. The van der Waals surface area contributed by atoms with Crippen molar-refractivity contribution in [1.29, 1.82) is 0 Å². The molecule has 0 spiro atoms. The van der Waals surface area contributed by atoms with Gasteiger partial charge in [-0.2, -0.15) is 0 Å². The van der Waals surface area contributed by atoms with E-state index < -0.39 is 17.6 Å². The van der Waals surface area contributed by atoms with Crippen LogP contribution in [0, 0.1) is 0 Å². The smallest absolute Gasteiger partial charge is 0.201 e. The van der Waals surface area contributed by atoms with Crippen LogP contribution in [-0.2, 0) is 4.79 Å². The number of aromatic hydroxyl groups is 2. The molecule has 4 heteroatoms. The van der Waals surface area contributed by atoms with E-state index in [9.17, 15) is 19.8 Å². The molecule has 0 aromatic heterocycles. The van der Waals surface area contributed by atoms with Crippen LogP contribution in [0.2, 0.25) is 0 Å². The molecular weight excluding hydrogens is 400 g/mol. The Balaban J connectivity index is 1.76. The minimum absolute atomic E-state index is 0.0692. The Kier molecular flexibility index (Phi) is 4.83. The van der Waals surface area contributed by atoms with Crippen molar-refractivity contribution in [1.82, 2.24) is 0 Å². The van der Waals surface area contributed by atoms with Crippen molar-refractivity contribution in [2.75, 3.05) is 0 Å². The molecule has 0 unspecified atom stereocenters. The molecule has 0 heterocycles. The fourth-order valence-electron chi connectivity index (χ4n) is 4.67. The van der Waals surface area contributed by atoms with Crippen molar-refractivity contribution in [2.45, 2.75) is 11.8 Å². The number of carbonyl (C=O) groups is 2. The van der Waals surface area contributed by atoms with Crippen LogP contribution < -0.4 is 0 Å². The summed E-state index contributed by atoms with van der Waals surface area (Å²) in [6.45, 7) is 0. The summed E-state index contributed by atoms with van der Waals surface area (Å²) in [6, 6.07) is 28.5. The lowest BCUT2D eigenvalue weighted by atomic mass is 9.70. The monoisotopic (exact) mass is 420 g/mol. The molecule has 5 rings (SSSR count). The third kappa shape index (κ3) is 3.08. The van der Waals surface area contributed by atoms with Gasteiger partial charge < -0.3 is 10.2 Å². The van der Waals surface area contributed by atoms with Crippen LogP contribution in [0.4, 0.5) is 0 Å². The first-order valence-electron chi connectivity index (χ1n) is 10.4. The molecule has 32 heavy (non-hydrogen) atoms. The Bertz CT molecular complexity index is 1230. The largest absolute Gasteiger partial charge is 0.507 e. The molecule has 2 N–H and O–H groups in total. The SMILES string of the molecule is O=C1c2c(O)cccc2C(C(=O)C(c2ccccc2)c2ccccc2)c2cccc(O)c21. The Morgan fingerprint density at radius 1 is 0.625 bits per heavy atom. The highest BCUT2D eigenvalue weighted by Gasteiger charge is 2.41. The number of hydrogen-bond acceptors (Lipinski definition) is 4. The quantitative estimate of drug-likeness (QED) is 0.477. The molecule has 4 nitrogen and oxygen atoms in total. The number of Topliss-reactive ketones (excluding diaryl/α,β-unsaturated/α-hetero) is 1. The lowest BCUT2D eigenvalue weighted by Crippen LogP contribution is -2.29. The van der Waals surface area contributed by atoms with Gasteiger partial charge in [0.2, 0.25) is 5.78 Å². The first-order valence-corrected chi connectivity index (χ1v) is 10.4. The second-order valence-electron chi connectivity index (χ2n) is 7.90. The van der Waals surface area contributed by atoms with Crippen LogP contribution in [0.3, 0.4) is 0 Å². The molecule has 0 atom stereocenters. The molecule has 1 aliphatic rings. The van der Waals surface area contributed by atoms with Gasteiger partial charge in [-0.25, -0.2) is 0 Å². The van der Waals surface area contributed by atoms with Crippen LogP contribution in [0.5, 0.6) is 11.5 Å². The number of hydrogen-bond donors (Lipinski definition) is 2. The number of ketones is 2. The zero-order valence-corrected chi connectivity index (χ0v) is 17.1. The van der Waals surface area contributed by atoms with Crippen molar-refractivity contribution in [3.05, 3.63) is 130 Å². The maximum atomic E-state index is 14.3. The second-order valence-corrected chi connectivity index (χ2v) is 7.90. The third-order valence-corrected chi connectivity index (χ3v) is 6.06. The summed E-state index contributed by atoms with van der Waals surface area (Å²) >= 11 is 0. The summed E-state index contributed by atoms with van der Waals surface area (Å²) in [5.41, 5.74) is 2.72. The van der Waals surface area contributed by atoms with E-state index >= 15 is 0 Å². The van der Waals surface area contributed by atoms with Crippen molar-refractivity contribution in [3.8, 4) is 11.5 Å². The van der Waals surface area contributed by atoms with Gasteiger partial charge in [-0.3, -0.25) is 9.59 Å². The van der Waals surface area contributed by atoms with Crippen molar-refractivity contribution in [2.24, 2.45) is 0 Å². The summed E-state index contributed by atoms with van der Waals surface area (Å²) in [4.78, 5) is 27.5. The Morgan fingerprint density at radius 3 is 1.50 bits per heavy atom. The summed E-state index contributed by atoms with van der Waals surface area (Å²) in [5, 5.41) is 21.0. The lowest BCUT2D eigenvalue weighted by molar-refractivity contribution is -0.120. The van der Waals surface area contributed by atoms with Crippen molar-refractivity contribution < 1.29 is 19.8 Å². The predicted octanol–water partition coefficient (Wildman–Crippen LogP) is 5.18. The Morgan fingerprint density at radius 2 is 1.06 bits per heavy atom. The number of phenolic OH excluding ortho intramolecular Hbond substituents is 2. The van der Waals surface area contributed by atoms with E-state index in [-0.39, 0.29) is 28.4 Å². The van der Waals surface area contributed by atoms with Crippen LogP contribution in [0.25, 0.3) is 0 Å². The van der Waals surface area contributed by atoms with Crippen LogP contribution in [-0.4, -0.2) is 21.8 Å². The standard InChI is InChI=1S/C28H20O4/c29-21-15-7-13-19-24(20-14-8-16-22(30)26(20)28(32)25(19)21)27(31)23(17-9-3-1-4-10-17)18-11-5-2-6-12-18/h1-16,23-24,29-30H.